The first kappa shape index (κ1) is 14.1. The minimum atomic E-state index is -0.642. The van der Waals surface area contributed by atoms with Crippen molar-refractivity contribution in [1.82, 2.24) is 15.6 Å². The van der Waals surface area contributed by atoms with Gasteiger partial charge in [-0.15, -0.1) is 0 Å². The van der Waals surface area contributed by atoms with Crippen LogP contribution in [0.5, 0.6) is 0 Å². The van der Waals surface area contributed by atoms with Gasteiger partial charge in [0, 0.05) is 24.5 Å². The molecule has 3 N–H and O–H groups in total. The molecule has 0 aliphatic carbocycles. The number of hydrogen-bond acceptors (Lipinski definition) is 2. The Hall–Kier alpha value is -2.30. The van der Waals surface area contributed by atoms with Gasteiger partial charge < -0.3 is 15.6 Å². The number of aromatic amines is 1. The zero-order chi connectivity index (χ0) is 14.8. The highest BCUT2D eigenvalue weighted by atomic mass is 16.2. The molecular formula is C15H19N3O2. The largest absolute Gasteiger partial charge is 0.359 e. The molecule has 1 aromatic carbocycles. The summed E-state index contributed by atoms with van der Waals surface area (Å²) in [5, 5.41) is 6.37. The molecule has 0 aliphatic rings. The Morgan fingerprint density at radius 3 is 2.60 bits per heavy atom. The summed E-state index contributed by atoms with van der Waals surface area (Å²) in [4.78, 5) is 26.8. The van der Waals surface area contributed by atoms with E-state index >= 15 is 0 Å². The highest BCUT2D eigenvalue weighted by molar-refractivity contribution is 5.98. The van der Waals surface area contributed by atoms with Crippen LogP contribution in [-0.2, 0) is 4.79 Å². The third-order valence-electron chi connectivity index (χ3n) is 3.31. The van der Waals surface area contributed by atoms with Gasteiger partial charge in [0.25, 0.3) is 5.91 Å². The van der Waals surface area contributed by atoms with Gasteiger partial charge >= 0.3 is 0 Å². The summed E-state index contributed by atoms with van der Waals surface area (Å²) in [5.74, 6) is -0.312. The molecule has 5 heteroatoms. The Morgan fingerprint density at radius 2 is 1.95 bits per heavy atom. The summed E-state index contributed by atoms with van der Waals surface area (Å²) in [6.07, 6.45) is 0. The average molecular weight is 273 g/mol. The summed E-state index contributed by atoms with van der Waals surface area (Å²) in [6, 6.07) is 9.50. The lowest BCUT2D eigenvalue weighted by atomic mass is 9.92. The van der Waals surface area contributed by atoms with Gasteiger partial charge in [-0.05, 0) is 26.0 Å². The van der Waals surface area contributed by atoms with Crippen LogP contribution in [0, 0.1) is 5.41 Å². The number of hydrogen-bond donors (Lipinski definition) is 3. The lowest BCUT2D eigenvalue weighted by molar-refractivity contribution is -0.128. The third-order valence-corrected chi connectivity index (χ3v) is 3.31. The number of amides is 2. The van der Waals surface area contributed by atoms with Crippen LogP contribution >= 0.6 is 0 Å². The molecule has 1 aromatic heterocycles. The van der Waals surface area contributed by atoms with E-state index in [4.69, 9.17) is 0 Å². The Bertz CT molecular complexity index is 610. The Kier molecular flexibility index (Phi) is 3.79. The maximum absolute atomic E-state index is 12.1. The molecule has 2 rings (SSSR count). The van der Waals surface area contributed by atoms with E-state index in [2.05, 4.69) is 15.6 Å². The zero-order valence-electron chi connectivity index (χ0n) is 11.9. The molecule has 0 unspecified atom stereocenters. The van der Waals surface area contributed by atoms with Crippen LogP contribution in [0.25, 0.3) is 10.9 Å². The lowest BCUT2D eigenvalue weighted by Crippen LogP contribution is -2.43. The number of carbonyl (C=O) groups is 2. The number of fused-ring (bicyclic) bond motifs is 1. The van der Waals surface area contributed by atoms with Gasteiger partial charge in [-0.25, -0.2) is 0 Å². The Morgan fingerprint density at radius 1 is 1.25 bits per heavy atom. The van der Waals surface area contributed by atoms with Crippen molar-refractivity contribution < 1.29 is 9.59 Å². The Labute approximate surface area is 117 Å². The Balaban J connectivity index is 2.07. The van der Waals surface area contributed by atoms with Crippen molar-refractivity contribution in [3.63, 3.8) is 0 Å². The molecule has 0 aliphatic heterocycles. The van der Waals surface area contributed by atoms with Crippen LogP contribution in [0.15, 0.2) is 30.3 Å². The summed E-state index contributed by atoms with van der Waals surface area (Å²) in [6.45, 7) is 3.86. The molecule has 1 heterocycles. The van der Waals surface area contributed by atoms with Gasteiger partial charge in [0.15, 0.2) is 0 Å². The SMILES string of the molecule is CNC(=O)C(C)(C)CNC(=O)c1cc2ccccc2[nH]1. The average Bonchev–Trinajstić information content (AvgIpc) is 2.87. The molecule has 0 radical (unpaired) electrons. The molecule has 106 valence electrons. The number of para-hydroxylation sites is 1. The van der Waals surface area contributed by atoms with E-state index in [9.17, 15) is 9.59 Å². The van der Waals surface area contributed by atoms with E-state index in [1.54, 1.807) is 27.0 Å². The van der Waals surface area contributed by atoms with E-state index in [1.807, 2.05) is 24.3 Å². The monoisotopic (exact) mass is 273 g/mol. The van der Waals surface area contributed by atoms with Gasteiger partial charge in [-0.1, -0.05) is 18.2 Å². The van der Waals surface area contributed by atoms with Crippen molar-refractivity contribution in [3.05, 3.63) is 36.0 Å². The fourth-order valence-electron chi connectivity index (χ4n) is 2.01. The first-order valence-electron chi connectivity index (χ1n) is 6.52. The zero-order valence-corrected chi connectivity index (χ0v) is 11.9. The highest BCUT2D eigenvalue weighted by Gasteiger charge is 2.27. The summed E-state index contributed by atoms with van der Waals surface area (Å²) >= 11 is 0. The summed E-state index contributed by atoms with van der Waals surface area (Å²) in [5.41, 5.74) is 0.776. The minimum Gasteiger partial charge on any atom is -0.359 e. The molecule has 0 fully saturated rings. The predicted molar refractivity (Wildman–Crippen MR) is 78.5 cm³/mol. The maximum atomic E-state index is 12.1. The smallest absolute Gasteiger partial charge is 0.267 e. The van der Waals surface area contributed by atoms with Crippen molar-refractivity contribution in [2.24, 2.45) is 5.41 Å². The highest BCUT2D eigenvalue weighted by Crippen LogP contribution is 2.16. The number of aromatic nitrogens is 1. The standard InChI is InChI=1S/C15H19N3O2/c1-15(2,14(20)16-3)9-17-13(19)12-8-10-6-4-5-7-11(10)18-12/h4-8,18H,9H2,1-3H3,(H,16,20)(H,17,19). The second-order valence-corrected chi connectivity index (χ2v) is 5.42. The molecule has 0 spiro atoms. The van der Waals surface area contributed by atoms with Crippen LogP contribution in [0.1, 0.15) is 24.3 Å². The quantitative estimate of drug-likeness (QED) is 0.792. The number of carbonyl (C=O) groups excluding carboxylic acids is 2. The normalized spacial score (nSPS) is 11.3. The number of nitrogens with one attached hydrogen (secondary N) is 3. The van der Waals surface area contributed by atoms with Crippen molar-refractivity contribution in [1.29, 1.82) is 0 Å². The molecule has 0 saturated heterocycles. The molecule has 5 nitrogen and oxygen atoms in total. The fraction of sp³-hybridized carbons (Fsp3) is 0.333. The first-order chi connectivity index (χ1) is 9.44. The van der Waals surface area contributed by atoms with Crippen molar-refractivity contribution in [3.8, 4) is 0 Å². The maximum Gasteiger partial charge on any atom is 0.267 e. The van der Waals surface area contributed by atoms with Crippen LogP contribution in [0.4, 0.5) is 0 Å². The van der Waals surface area contributed by atoms with Gasteiger partial charge in [-0.3, -0.25) is 9.59 Å². The number of H-pyrrole nitrogens is 1. The van der Waals surface area contributed by atoms with E-state index in [1.165, 1.54) is 0 Å². The molecule has 0 saturated carbocycles. The van der Waals surface area contributed by atoms with Crippen molar-refractivity contribution in [2.75, 3.05) is 13.6 Å². The van der Waals surface area contributed by atoms with Crippen LogP contribution in [0.2, 0.25) is 0 Å². The summed E-state index contributed by atoms with van der Waals surface area (Å²) < 4.78 is 0. The van der Waals surface area contributed by atoms with Gasteiger partial charge in [-0.2, -0.15) is 0 Å². The molecule has 2 amide bonds. The first-order valence-corrected chi connectivity index (χ1v) is 6.52. The third kappa shape index (κ3) is 2.82. The fourth-order valence-corrected chi connectivity index (χ4v) is 2.01. The molecular weight excluding hydrogens is 254 g/mol. The van der Waals surface area contributed by atoms with Gasteiger partial charge in [0.2, 0.25) is 5.91 Å². The topological polar surface area (TPSA) is 74.0 Å². The van der Waals surface area contributed by atoms with E-state index in [0.29, 0.717) is 5.69 Å². The molecule has 2 aromatic rings. The van der Waals surface area contributed by atoms with Crippen molar-refractivity contribution >= 4 is 22.7 Å². The van der Waals surface area contributed by atoms with Gasteiger partial charge in [0.05, 0.1) is 5.41 Å². The van der Waals surface area contributed by atoms with E-state index < -0.39 is 5.41 Å². The van der Waals surface area contributed by atoms with Crippen LogP contribution in [-0.4, -0.2) is 30.4 Å². The summed E-state index contributed by atoms with van der Waals surface area (Å²) in [7, 11) is 1.59. The molecule has 0 bridgehead atoms. The van der Waals surface area contributed by atoms with Crippen LogP contribution < -0.4 is 10.6 Å². The minimum absolute atomic E-state index is 0.102. The van der Waals surface area contributed by atoms with Crippen LogP contribution in [0.3, 0.4) is 0 Å². The lowest BCUT2D eigenvalue weighted by Gasteiger charge is -2.22. The van der Waals surface area contributed by atoms with Crippen molar-refractivity contribution in [2.45, 2.75) is 13.8 Å². The second kappa shape index (κ2) is 5.36. The number of rotatable bonds is 4. The number of benzene rings is 1. The van der Waals surface area contributed by atoms with Gasteiger partial charge in [0.1, 0.15) is 5.69 Å². The molecule has 0 atom stereocenters. The van der Waals surface area contributed by atoms with E-state index in [-0.39, 0.29) is 18.4 Å². The predicted octanol–water partition coefficient (Wildman–Crippen LogP) is 1.67. The van der Waals surface area contributed by atoms with E-state index in [0.717, 1.165) is 10.9 Å². The molecule has 20 heavy (non-hydrogen) atoms. The second-order valence-electron chi connectivity index (χ2n) is 5.42.